The second-order valence-corrected chi connectivity index (χ2v) is 14.3. The van der Waals surface area contributed by atoms with Crippen molar-refractivity contribution in [3.05, 3.63) is 71.3 Å². The Morgan fingerprint density at radius 2 is 1.68 bits per heavy atom. The predicted molar refractivity (Wildman–Crippen MR) is 177 cm³/mol. The maximum absolute atomic E-state index is 13.7. The fraction of sp³-hybridized carbons (Fsp3) is 0.371. The van der Waals surface area contributed by atoms with Crippen molar-refractivity contribution >= 4 is 33.0 Å². The van der Waals surface area contributed by atoms with Crippen LogP contribution in [-0.2, 0) is 27.9 Å². The van der Waals surface area contributed by atoms with Gasteiger partial charge in [-0.2, -0.15) is 8.42 Å². The van der Waals surface area contributed by atoms with Gasteiger partial charge in [-0.15, -0.1) is 0 Å². The fourth-order valence-electron chi connectivity index (χ4n) is 6.20. The molecule has 1 aromatic heterocycles. The summed E-state index contributed by atoms with van der Waals surface area (Å²) in [6.07, 6.45) is 3.03. The average molecular weight is 662 g/mol. The molecule has 1 amide bonds. The molecule has 11 nitrogen and oxygen atoms in total. The maximum atomic E-state index is 13.7. The van der Waals surface area contributed by atoms with Crippen LogP contribution in [0.5, 0.6) is 17.2 Å². The van der Waals surface area contributed by atoms with Crippen LogP contribution < -0.4 is 19.0 Å². The first kappa shape index (κ1) is 32.4. The van der Waals surface area contributed by atoms with Crippen molar-refractivity contribution in [1.29, 1.82) is 0 Å². The zero-order valence-corrected chi connectivity index (χ0v) is 28.0. The third-order valence-electron chi connectivity index (χ3n) is 8.34. The largest absolute Gasteiger partial charge is 0.497 e. The second kappa shape index (κ2) is 12.6. The molecule has 248 valence electrons. The van der Waals surface area contributed by atoms with Gasteiger partial charge in [0.1, 0.15) is 27.7 Å². The third-order valence-corrected chi connectivity index (χ3v) is 9.61. The molecule has 0 atom stereocenters. The van der Waals surface area contributed by atoms with E-state index in [9.17, 15) is 18.0 Å². The van der Waals surface area contributed by atoms with Crippen LogP contribution >= 0.6 is 0 Å². The van der Waals surface area contributed by atoms with Gasteiger partial charge in [0.15, 0.2) is 0 Å². The van der Waals surface area contributed by atoms with Crippen LogP contribution in [-0.4, -0.2) is 62.8 Å². The summed E-state index contributed by atoms with van der Waals surface area (Å²) < 4.78 is 50.3. The minimum atomic E-state index is -4.38. The zero-order chi connectivity index (χ0) is 33.5. The molecule has 0 bridgehead atoms. The van der Waals surface area contributed by atoms with Gasteiger partial charge in [0.25, 0.3) is 5.91 Å². The molecule has 2 aliphatic heterocycles. The van der Waals surface area contributed by atoms with Gasteiger partial charge in [-0.05, 0) is 94.7 Å². The van der Waals surface area contributed by atoms with Crippen LogP contribution in [0.4, 0.5) is 4.79 Å². The van der Waals surface area contributed by atoms with Crippen molar-refractivity contribution in [2.45, 2.75) is 63.6 Å². The molecule has 4 aromatic rings. The van der Waals surface area contributed by atoms with Gasteiger partial charge in [-0.3, -0.25) is 9.69 Å². The first-order chi connectivity index (χ1) is 22.4. The lowest BCUT2D eigenvalue weighted by Crippen LogP contribution is -2.29. The molecule has 12 heteroatoms. The number of hydrogen-bond acceptors (Lipinski definition) is 9. The Balaban J connectivity index is 1.44. The molecule has 0 unspecified atom stereocenters. The molecule has 6 rings (SSSR count). The number of hydrogen-bond donors (Lipinski definition) is 1. The normalized spacial score (nSPS) is 15.3. The van der Waals surface area contributed by atoms with Crippen molar-refractivity contribution in [2.24, 2.45) is 0 Å². The van der Waals surface area contributed by atoms with Gasteiger partial charge < -0.3 is 23.7 Å². The van der Waals surface area contributed by atoms with Crippen molar-refractivity contribution in [1.82, 2.24) is 14.8 Å². The van der Waals surface area contributed by atoms with E-state index < -0.39 is 27.7 Å². The molecule has 47 heavy (non-hydrogen) atoms. The molecule has 0 aliphatic carbocycles. The van der Waals surface area contributed by atoms with E-state index in [1.807, 2.05) is 18.2 Å². The number of fused-ring (bicyclic) bond motifs is 2. The Morgan fingerprint density at radius 1 is 0.915 bits per heavy atom. The quantitative estimate of drug-likeness (QED) is 0.223. The molecule has 3 aromatic carbocycles. The number of nitrogens with zero attached hydrogens (tertiary/aromatic N) is 2. The third kappa shape index (κ3) is 6.52. The highest BCUT2D eigenvalue weighted by molar-refractivity contribution is 7.87. The van der Waals surface area contributed by atoms with E-state index in [0.717, 1.165) is 30.6 Å². The average Bonchev–Trinajstić information content (AvgIpc) is 3.61. The number of ether oxygens (including phenoxy) is 3. The van der Waals surface area contributed by atoms with Gasteiger partial charge in [-0.1, -0.05) is 12.5 Å². The lowest BCUT2D eigenvalue weighted by Gasteiger charge is -2.26. The molecule has 1 fully saturated rings. The first-order valence-electron chi connectivity index (χ1n) is 15.6. The summed E-state index contributed by atoms with van der Waals surface area (Å²) in [6, 6.07) is 15.3. The zero-order valence-electron chi connectivity index (χ0n) is 27.2. The summed E-state index contributed by atoms with van der Waals surface area (Å²) in [5.74, 6) is 0.0450. The predicted octanol–water partition coefficient (Wildman–Crippen LogP) is 6.11. The highest BCUT2D eigenvalue weighted by Crippen LogP contribution is 2.40. The maximum Gasteiger partial charge on any atom is 0.419 e. The van der Waals surface area contributed by atoms with E-state index in [1.165, 1.54) is 62.3 Å². The summed E-state index contributed by atoms with van der Waals surface area (Å²) in [5.41, 5.74) is 2.46. The van der Waals surface area contributed by atoms with Crippen LogP contribution in [0.3, 0.4) is 0 Å². The number of piperidine rings is 1. The van der Waals surface area contributed by atoms with E-state index in [1.54, 1.807) is 26.8 Å². The van der Waals surface area contributed by atoms with Crippen LogP contribution in [0.25, 0.3) is 22.2 Å². The molecular formula is C35H39N3O8S. The number of aromatic nitrogens is 1. The van der Waals surface area contributed by atoms with Crippen LogP contribution in [0.2, 0.25) is 0 Å². The van der Waals surface area contributed by atoms with Crippen molar-refractivity contribution in [2.75, 3.05) is 27.3 Å². The Hall–Kier alpha value is -4.55. The number of rotatable bonds is 8. The van der Waals surface area contributed by atoms with E-state index in [2.05, 4.69) is 16.3 Å². The monoisotopic (exact) mass is 661 g/mol. The lowest BCUT2D eigenvalue weighted by atomic mass is 9.99. The second-order valence-electron chi connectivity index (χ2n) is 12.8. The molecule has 1 saturated heterocycles. The molecule has 2 aliphatic rings. The minimum absolute atomic E-state index is 0.0104. The van der Waals surface area contributed by atoms with Gasteiger partial charge in [0, 0.05) is 35.7 Å². The van der Waals surface area contributed by atoms with Gasteiger partial charge in [-0.25, -0.2) is 9.36 Å². The summed E-state index contributed by atoms with van der Waals surface area (Å²) >= 11 is 0. The summed E-state index contributed by atoms with van der Waals surface area (Å²) in [6.45, 7) is 8.34. The number of benzene rings is 3. The van der Waals surface area contributed by atoms with Crippen molar-refractivity contribution in [3.8, 4) is 28.5 Å². The topological polar surface area (TPSA) is 125 Å². The van der Waals surface area contributed by atoms with Gasteiger partial charge in [0.2, 0.25) is 0 Å². The Labute approximate surface area is 274 Å². The van der Waals surface area contributed by atoms with Gasteiger partial charge in [0.05, 0.1) is 31.0 Å². The fourth-order valence-corrected chi connectivity index (χ4v) is 7.30. The van der Waals surface area contributed by atoms with E-state index in [4.69, 9.17) is 18.4 Å². The lowest BCUT2D eigenvalue weighted by molar-refractivity contribution is 0.0546. The Bertz CT molecular complexity index is 1970. The number of amides is 1. The molecule has 3 heterocycles. The van der Waals surface area contributed by atoms with Crippen LogP contribution in [0, 0.1) is 0 Å². The van der Waals surface area contributed by atoms with E-state index in [-0.39, 0.29) is 28.5 Å². The minimum Gasteiger partial charge on any atom is -0.497 e. The van der Waals surface area contributed by atoms with E-state index >= 15 is 0 Å². The molecular weight excluding hydrogens is 622 g/mol. The number of methoxy groups -OCH3 is 2. The van der Waals surface area contributed by atoms with Crippen molar-refractivity contribution in [3.63, 3.8) is 0 Å². The molecule has 0 spiro atoms. The Kier molecular flexibility index (Phi) is 8.66. The van der Waals surface area contributed by atoms with E-state index in [0.29, 0.717) is 28.1 Å². The first-order valence-corrected chi connectivity index (χ1v) is 17.0. The summed E-state index contributed by atoms with van der Waals surface area (Å²) in [4.78, 5) is 29.3. The number of carbonyl (C=O) groups is 2. The van der Waals surface area contributed by atoms with Crippen LogP contribution in [0.1, 0.15) is 61.5 Å². The summed E-state index contributed by atoms with van der Waals surface area (Å²) in [7, 11) is -1.57. The number of likely N-dealkylation sites (tertiary alicyclic amines) is 1. The standard InChI is InChI=1S/C35H39N3O8S/c1-35(2,3)45-34(40)38-27-12-9-22(21-37-15-7-6-8-16-37)17-23(27)18-28(38)25-11-13-29(26-20-36-33(39)32(25)26)46-47(41,42)31-14-10-24(43-4)19-30(31)44-5/h9-14,17-19H,6-8,15-16,20-21H2,1-5H3,(H,36,39). The van der Waals surface area contributed by atoms with Gasteiger partial charge >= 0.3 is 16.2 Å². The molecule has 0 radical (unpaired) electrons. The smallest absolute Gasteiger partial charge is 0.419 e. The highest BCUT2D eigenvalue weighted by Gasteiger charge is 2.33. The van der Waals surface area contributed by atoms with Crippen molar-refractivity contribution < 1.29 is 36.4 Å². The number of carbonyl (C=O) groups excluding carboxylic acids is 2. The summed E-state index contributed by atoms with van der Waals surface area (Å²) in [5, 5.41) is 3.61. The Morgan fingerprint density at radius 3 is 2.38 bits per heavy atom. The number of nitrogens with one attached hydrogen (secondary N) is 1. The van der Waals surface area contributed by atoms with Crippen LogP contribution in [0.15, 0.2) is 59.5 Å². The molecule has 1 N–H and O–H groups in total. The SMILES string of the molecule is COc1ccc(S(=O)(=O)Oc2ccc(-c3cc4cc(CN5CCCCC5)ccc4n3C(=O)OC(C)(C)C)c3c2CNC3=O)c(OC)c1. The highest BCUT2D eigenvalue weighted by atomic mass is 32.2. The molecule has 0 saturated carbocycles.